The van der Waals surface area contributed by atoms with Gasteiger partial charge in [0.2, 0.25) is 0 Å². The van der Waals surface area contributed by atoms with Gasteiger partial charge in [-0.1, -0.05) is 0 Å². The van der Waals surface area contributed by atoms with Gasteiger partial charge in [0.25, 0.3) is 0 Å². The lowest BCUT2D eigenvalue weighted by Gasteiger charge is -2.33. The van der Waals surface area contributed by atoms with E-state index in [-0.39, 0.29) is 5.97 Å². The molecule has 6 heteroatoms. The number of aromatic nitrogens is 1. The highest BCUT2D eigenvalue weighted by atomic mass is 32.1. The van der Waals surface area contributed by atoms with Gasteiger partial charge in [-0.15, -0.1) is 11.3 Å². The van der Waals surface area contributed by atoms with Crippen molar-refractivity contribution in [3.05, 3.63) is 16.6 Å². The van der Waals surface area contributed by atoms with Gasteiger partial charge in [-0.05, 0) is 0 Å². The van der Waals surface area contributed by atoms with Gasteiger partial charge in [-0.3, -0.25) is 9.69 Å². The van der Waals surface area contributed by atoms with Gasteiger partial charge < -0.3 is 9.64 Å². The molecule has 1 aliphatic rings. The van der Waals surface area contributed by atoms with E-state index in [0.717, 1.165) is 39.3 Å². The zero-order valence-electron chi connectivity index (χ0n) is 10.7. The number of thiazole rings is 1. The van der Waals surface area contributed by atoms with Crippen molar-refractivity contribution < 1.29 is 9.53 Å². The SMILES string of the molecule is COC(=O)CCN1CCN(Cc2nccs2)CC1. The van der Waals surface area contributed by atoms with E-state index in [1.807, 2.05) is 11.6 Å². The minimum absolute atomic E-state index is 0.125. The molecule has 0 atom stereocenters. The summed E-state index contributed by atoms with van der Waals surface area (Å²) >= 11 is 1.71. The Morgan fingerprint density at radius 2 is 2.11 bits per heavy atom. The first kappa shape index (κ1) is 13.5. The van der Waals surface area contributed by atoms with Gasteiger partial charge >= 0.3 is 5.97 Å². The standard InChI is InChI=1S/C12H19N3O2S/c1-17-12(16)2-4-14-5-7-15(8-6-14)10-11-13-3-9-18-11/h3,9H,2,4-8,10H2,1H3. The van der Waals surface area contributed by atoms with Crippen LogP contribution in [-0.4, -0.2) is 60.6 Å². The molecule has 1 aromatic heterocycles. The molecule has 1 aromatic rings. The Morgan fingerprint density at radius 3 is 2.72 bits per heavy atom. The highest BCUT2D eigenvalue weighted by Crippen LogP contribution is 2.10. The van der Waals surface area contributed by atoms with Crippen molar-refractivity contribution in [2.24, 2.45) is 0 Å². The van der Waals surface area contributed by atoms with E-state index in [2.05, 4.69) is 19.5 Å². The number of nitrogens with zero attached hydrogens (tertiary/aromatic N) is 3. The fraction of sp³-hybridized carbons (Fsp3) is 0.667. The predicted octanol–water partition coefficient (Wildman–Crippen LogP) is 0.824. The van der Waals surface area contributed by atoms with E-state index in [0.29, 0.717) is 6.42 Å². The summed E-state index contributed by atoms with van der Waals surface area (Å²) in [5.41, 5.74) is 0. The van der Waals surface area contributed by atoms with Crippen LogP contribution in [0.5, 0.6) is 0 Å². The molecular formula is C12H19N3O2S. The zero-order valence-corrected chi connectivity index (χ0v) is 11.5. The number of rotatable bonds is 5. The van der Waals surface area contributed by atoms with Gasteiger partial charge in [0.15, 0.2) is 0 Å². The van der Waals surface area contributed by atoms with Crippen LogP contribution in [0.2, 0.25) is 0 Å². The second-order valence-corrected chi connectivity index (χ2v) is 5.35. The average molecular weight is 269 g/mol. The molecule has 0 unspecified atom stereocenters. The zero-order chi connectivity index (χ0) is 12.8. The third-order valence-electron chi connectivity index (χ3n) is 3.17. The number of ether oxygens (including phenoxy) is 1. The van der Waals surface area contributed by atoms with Crippen molar-refractivity contribution in [3.8, 4) is 0 Å². The highest BCUT2D eigenvalue weighted by Gasteiger charge is 2.18. The molecule has 100 valence electrons. The van der Waals surface area contributed by atoms with Crippen LogP contribution in [0.15, 0.2) is 11.6 Å². The normalized spacial score (nSPS) is 17.8. The number of piperazine rings is 1. The van der Waals surface area contributed by atoms with Crippen LogP contribution in [0, 0.1) is 0 Å². The van der Waals surface area contributed by atoms with Gasteiger partial charge in [0, 0.05) is 44.3 Å². The van der Waals surface area contributed by atoms with E-state index in [4.69, 9.17) is 0 Å². The molecule has 2 heterocycles. The number of hydrogen-bond donors (Lipinski definition) is 0. The molecule has 0 aliphatic carbocycles. The van der Waals surface area contributed by atoms with E-state index in [1.165, 1.54) is 12.1 Å². The first-order chi connectivity index (χ1) is 8.78. The predicted molar refractivity (Wildman–Crippen MR) is 70.5 cm³/mol. The Morgan fingerprint density at radius 1 is 1.39 bits per heavy atom. The van der Waals surface area contributed by atoms with Gasteiger partial charge in [0.05, 0.1) is 20.1 Å². The van der Waals surface area contributed by atoms with Gasteiger partial charge in [-0.2, -0.15) is 0 Å². The lowest BCUT2D eigenvalue weighted by atomic mass is 10.3. The fourth-order valence-corrected chi connectivity index (χ4v) is 2.70. The van der Waals surface area contributed by atoms with Crippen LogP contribution < -0.4 is 0 Å². The number of esters is 1. The van der Waals surface area contributed by atoms with Crippen molar-refractivity contribution in [2.75, 3.05) is 39.8 Å². The summed E-state index contributed by atoms with van der Waals surface area (Å²) < 4.78 is 4.65. The summed E-state index contributed by atoms with van der Waals surface area (Å²) in [6.07, 6.45) is 2.34. The minimum Gasteiger partial charge on any atom is -0.469 e. The molecule has 5 nitrogen and oxygen atoms in total. The quantitative estimate of drug-likeness (QED) is 0.741. The Bertz CT molecular complexity index is 361. The molecule has 0 saturated carbocycles. The first-order valence-corrected chi connectivity index (χ1v) is 7.06. The molecule has 1 aliphatic heterocycles. The maximum Gasteiger partial charge on any atom is 0.306 e. The van der Waals surface area contributed by atoms with Crippen LogP contribution in [0.25, 0.3) is 0 Å². The summed E-state index contributed by atoms with van der Waals surface area (Å²) in [6, 6.07) is 0. The summed E-state index contributed by atoms with van der Waals surface area (Å²) in [5.74, 6) is -0.125. The maximum absolute atomic E-state index is 11.1. The second-order valence-electron chi connectivity index (χ2n) is 4.37. The molecular weight excluding hydrogens is 250 g/mol. The summed E-state index contributed by atoms with van der Waals surface area (Å²) in [6.45, 7) is 5.87. The van der Waals surface area contributed by atoms with Crippen LogP contribution in [0.1, 0.15) is 11.4 Å². The Labute approximate surface area is 111 Å². The molecule has 0 spiro atoms. The van der Waals surface area contributed by atoms with Crippen LogP contribution in [0.4, 0.5) is 0 Å². The molecule has 0 aromatic carbocycles. The Kier molecular flexibility index (Phi) is 5.10. The molecule has 18 heavy (non-hydrogen) atoms. The van der Waals surface area contributed by atoms with E-state index >= 15 is 0 Å². The molecule has 0 N–H and O–H groups in total. The van der Waals surface area contributed by atoms with Crippen molar-refractivity contribution in [1.82, 2.24) is 14.8 Å². The number of hydrogen-bond acceptors (Lipinski definition) is 6. The summed E-state index contributed by atoms with van der Waals surface area (Å²) in [5, 5.41) is 3.19. The van der Waals surface area contributed by atoms with Gasteiger partial charge in [0.1, 0.15) is 5.01 Å². The second kappa shape index (κ2) is 6.82. The minimum atomic E-state index is -0.125. The number of carbonyl (C=O) groups excluding carboxylic acids is 1. The van der Waals surface area contributed by atoms with Crippen molar-refractivity contribution in [2.45, 2.75) is 13.0 Å². The topological polar surface area (TPSA) is 45.7 Å². The molecule has 1 fully saturated rings. The highest BCUT2D eigenvalue weighted by molar-refractivity contribution is 7.09. The molecule has 0 bridgehead atoms. The Balaban J connectivity index is 1.66. The smallest absolute Gasteiger partial charge is 0.306 e. The van der Waals surface area contributed by atoms with E-state index in [1.54, 1.807) is 11.3 Å². The van der Waals surface area contributed by atoms with Crippen molar-refractivity contribution in [1.29, 1.82) is 0 Å². The Hall–Kier alpha value is -0.980. The maximum atomic E-state index is 11.1. The summed E-state index contributed by atoms with van der Waals surface area (Å²) in [7, 11) is 1.44. The lowest BCUT2D eigenvalue weighted by Crippen LogP contribution is -2.46. The van der Waals surface area contributed by atoms with Crippen molar-refractivity contribution >= 4 is 17.3 Å². The molecule has 0 radical (unpaired) electrons. The number of methoxy groups -OCH3 is 1. The van der Waals surface area contributed by atoms with Crippen LogP contribution in [0.3, 0.4) is 0 Å². The van der Waals surface area contributed by atoms with E-state index < -0.39 is 0 Å². The monoisotopic (exact) mass is 269 g/mol. The largest absolute Gasteiger partial charge is 0.469 e. The molecule has 1 saturated heterocycles. The first-order valence-electron chi connectivity index (χ1n) is 6.18. The fourth-order valence-electron chi connectivity index (χ4n) is 2.04. The van der Waals surface area contributed by atoms with E-state index in [9.17, 15) is 4.79 Å². The molecule has 0 amide bonds. The van der Waals surface area contributed by atoms with Gasteiger partial charge in [-0.25, -0.2) is 4.98 Å². The molecule has 2 rings (SSSR count). The average Bonchev–Trinajstić information content (AvgIpc) is 2.90. The summed E-state index contributed by atoms with van der Waals surface area (Å²) in [4.78, 5) is 20.1. The van der Waals surface area contributed by atoms with Crippen LogP contribution in [-0.2, 0) is 16.1 Å². The van der Waals surface area contributed by atoms with Crippen LogP contribution >= 0.6 is 11.3 Å². The third-order valence-corrected chi connectivity index (χ3v) is 3.93. The third kappa shape index (κ3) is 4.04. The lowest BCUT2D eigenvalue weighted by molar-refractivity contribution is -0.141. The number of carbonyl (C=O) groups is 1. The van der Waals surface area contributed by atoms with Crippen molar-refractivity contribution in [3.63, 3.8) is 0 Å².